The van der Waals surface area contributed by atoms with Crippen molar-refractivity contribution in [1.82, 2.24) is 9.97 Å². The largest absolute Gasteiger partial charge is 2.00 e. The summed E-state index contributed by atoms with van der Waals surface area (Å²) in [5.41, 5.74) is 16.0. The molecule has 4 aromatic carbocycles. The number of aliphatic carboxylic acids is 2. The van der Waals surface area contributed by atoms with E-state index in [0.717, 1.165) is 48.2 Å². The molecule has 0 unspecified atom stereocenters. The van der Waals surface area contributed by atoms with Crippen molar-refractivity contribution in [1.29, 1.82) is 0 Å². The number of benzene rings is 4. The normalized spacial score (nSPS) is 9.61. The Kier molecular flexibility index (Phi) is 21.0. The Hall–Kier alpha value is -4.90. The Balaban J connectivity index is 0.000000457. The van der Waals surface area contributed by atoms with Gasteiger partial charge in [0.2, 0.25) is 0 Å². The Labute approximate surface area is 360 Å². The number of pyridine rings is 2. The second-order valence-electron chi connectivity index (χ2n) is 13.0. The topological polar surface area (TPSA) is 134 Å². The summed E-state index contributed by atoms with van der Waals surface area (Å²) in [4.78, 5) is 27.3. The maximum atomic E-state index is 8.89. The van der Waals surface area contributed by atoms with Crippen molar-refractivity contribution in [2.24, 2.45) is 0 Å². The molecule has 0 aliphatic rings. The number of aromatic nitrogens is 2. The third-order valence-corrected chi connectivity index (χ3v) is 8.28. The summed E-state index contributed by atoms with van der Waals surface area (Å²) in [5, 5.41) is 27.3. The van der Waals surface area contributed by atoms with Crippen LogP contribution in [0, 0.1) is 55.4 Å². The van der Waals surface area contributed by atoms with Gasteiger partial charge < -0.3 is 40.4 Å². The van der Waals surface area contributed by atoms with Gasteiger partial charge in [-0.3, -0.25) is 0 Å². The second kappa shape index (κ2) is 23.9. The summed E-state index contributed by atoms with van der Waals surface area (Å²) >= 11 is 0. The van der Waals surface area contributed by atoms with E-state index in [2.05, 4.69) is 140 Å². The fourth-order valence-electron chi connectivity index (χ4n) is 5.88. The maximum Gasteiger partial charge on any atom is 2.00 e. The van der Waals surface area contributed by atoms with Crippen LogP contribution in [0.15, 0.2) is 109 Å². The van der Waals surface area contributed by atoms with Gasteiger partial charge >= 0.3 is 42.1 Å². The number of carboxylic acids is 2. The average Bonchev–Trinajstić information content (AvgIpc) is 3.08. The predicted molar refractivity (Wildman–Crippen MR) is 217 cm³/mol. The van der Waals surface area contributed by atoms with Crippen molar-refractivity contribution >= 4 is 34.9 Å². The Morgan fingerprint density at radius 1 is 0.411 bits per heavy atom. The van der Waals surface area contributed by atoms with Gasteiger partial charge in [-0.05, 0) is 148 Å². The quantitative estimate of drug-likeness (QED) is 0.153. The van der Waals surface area contributed by atoms with E-state index in [9.17, 15) is 0 Å². The number of rotatable bonds is 6. The van der Waals surface area contributed by atoms with E-state index in [4.69, 9.17) is 40.4 Å². The molecule has 0 aliphatic carbocycles. The van der Waals surface area contributed by atoms with E-state index in [-0.39, 0.29) is 42.1 Å². The zero-order chi connectivity index (χ0) is 39.9. The smallest absolute Gasteiger partial charge is 0.550 e. The summed E-state index contributed by atoms with van der Waals surface area (Å²) in [6.45, 7) is 18.8. The predicted octanol–water partition coefficient (Wildman–Crippen LogP) is 10.1. The molecule has 0 spiro atoms. The van der Waals surface area contributed by atoms with Gasteiger partial charge in [-0.15, -0.1) is 0 Å². The molecule has 0 aliphatic heterocycles. The first-order valence-corrected chi connectivity index (χ1v) is 17.6. The van der Waals surface area contributed by atoms with Gasteiger partial charge in [-0.1, -0.05) is 121 Å². The summed E-state index contributed by atoms with van der Waals surface area (Å²) in [6.07, 6.45) is 0. The Morgan fingerprint density at radius 2 is 0.625 bits per heavy atom. The van der Waals surface area contributed by atoms with Crippen LogP contribution in [0.2, 0.25) is 0 Å². The van der Waals surface area contributed by atoms with Crippen molar-refractivity contribution in [3.63, 3.8) is 0 Å². The van der Waals surface area contributed by atoms with Crippen molar-refractivity contribution in [2.75, 3.05) is 0 Å². The van der Waals surface area contributed by atoms with Crippen LogP contribution in [-0.4, -0.2) is 21.9 Å². The molecule has 0 bridgehead atoms. The summed E-state index contributed by atoms with van der Waals surface area (Å²) < 4.78 is 0. The van der Waals surface area contributed by atoms with Crippen molar-refractivity contribution in [2.45, 2.75) is 69.2 Å². The number of para-hydroxylation sites is 2. The minimum absolute atomic E-state index is 0. The summed E-state index contributed by atoms with van der Waals surface area (Å²) in [6, 6.07) is 37.2. The van der Waals surface area contributed by atoms with Gasteiger partial charge in [-0.25, -0.2) is 0 Å². The van der Waals surface area contributed by atoms with Crippen LogP contribution in [0.4, 0.5) is 23.0 Å². The third kappa shape index (κ3) is 15.0. The van der Waals surface area contributed by atoms with Crippen LogP contribution in [0.3, 0.4) is 0 Å². The van der Waals surface area contributed by atoms with Crippen LogP contribution < -0.4 is 10.2 Å². The first-order valence-electron chi connectivity index (χ1n) is 17.6. The molecule has 288 valence electrons. The SMILES string of the molecule is CC(=O)[O-].CC(=O)[O-].Cc1cccc(C)c1[N-]c1cccc(-c2c(C)cccc2C)n1.Cc1cccc(C)c1[N-]c1cccc(-c2c(C)cccc2C)n1.[Mo+2].[Mo+2]. The number of carbonyl (C=O) groups excluding carboxylic acids is 2. The van der Waals surface area contributed by atoms with Crippen molar-refractivity contribution in [3.05, 3.63) is 164 Å². The molecule has 0 radical (unpaired) electrons. The molecule has 8 nitrogen and oxygen atoms in total. The maximum absolute atomic E-state index is 8.89. The number of carboxylic acid groups (broad SMARTS) is 2. The van der Waals surface area contributed by atoms with Crippen LogP contribution in [0.5, 0.6) is 0 Å². The number of aryl methyl sites for hydroxylation is 8. The van der Waals surface area contributed by atoms with Crippen LogP contribution in [-0.2, 0) is 51.7 Å². The molecule has 0 amide bonds. The van der Waals surface area contributed by atoms with E-state index >= 15 is 0 Å². The molecule has 2 aromatic heterocycles. The van der Waals surface area contributed by atoms with Gasteiger partial charge in [0.05, 0.1) is 0 Å². The monoisotopic (exact) mass is 916 g/mol. The molecule has 0 N–H and O–H groups in total. The van der Waals surface area contributed by atoms with Gasteiger partial charge in [0.25, 0.3) is 0 Å². The zero-order valence-corrected chi connectivity index (χ0v) is 37.6. The molecule has 0 saturated carbocycles. The fourth-order valence-corrected chi connectivity index (χ4v) is 5.88. The first-order chi connectivity index (χ1) is 25.6. The van der Waals surface area contributed by atoms with E-state index in [1.807, 2.05) is 24.3 Å². The molecule has 0 atom stereocenters. The standard InChI is InChI=1S/2C21H21N2.2C2H4O2.2Mo/c2*1-14-8-5-9-15(2)20(14)18-12-7-13-19(22-18)23-21-16(3)10-6-11-17(21)4;2*1-2(3)4;;/h2*5-13H,1-4H3;2*1H3,(H,3,4);;/q2*-1;;;2*+2/p-2. The molecule has 6 rings (SSSR count). The minimum atomic E-state index is -1.08. The van der Waals surface area contributed by atoms with E-state index in [0.29, 0.717) is 0 Å². The number of hydrogen-bond donors (Lipinski definition) is 0. The molecule has 6 aromatic rings. The fraction of sp³-hybridized carbons (Fsp3) is 0.217. The molecular formula is C46H48Mo2N4O4. The van der Waals surface area contributed by atoms with Crippen molar-refractivity contribution in [3.8, 4) is 22.5 Å². The second-order valence-corrected chi connectivity index (χ2v) is 13.0. The van der Waals surface area contributed by atoms with Crippen molar-refractivity contribution < 1.29 is 61.9 Å². The minimum Gasteiger partial charge on any atom is -0.550 e. The molecule has 56 heavy (non-hydrogen) atoms. The van der Waals surface area contributed by atoms with E-state index < -0.39 is 11.9 Å². The van der Waals surface area contributed by atoms with Gasteiger partial charge in [0.15, 0.2) is 0 Å². The molecule has 2 heterocycles. The molecule has 0 saturated heterocycles. The van der Waals surface area contributed by atoms with E-state index in [1.54, 1.807) is 0 Å². The Morgan fingerprint density at radius 3 is 0.875 bits per heavy atom. The first kappa shape index (κ1) is 49.1. The molecule has 0 fully saturated rings. The van der Waals surface area contributed by atoms with E-state index in [1.165, 1.54) is 55.6 Å². The Bertz CT molecular complexity index is 1980. The zero-order valence-electron chi connectivity index (χ0n) is 33.6. The summed E-state index contributed by atoms with van der Waals surface area (Å²) in [5.74, 6) is -0.662. The summed E-state index contributed by atoms with van der Waals surface area (Å²) in [7, 11) is 0. The van der Waals surface area contributed by atoms with Gasteiger partial charge in [0, 0.05) is 11.9 Å². The van der Waals surface area contributed by atoms with Gasteiger partial charge in [0.1, 0.15) is 0 Å². The molecule has 10 heteroatoms. The average molecular weight is 913 g/mol. The van der Waals surface area contributed by atoms with Crippen LogP contribution in [0.1, 0.15) is 58.4 Å². The van der Waals surface area contributed by atoms with Gasteiger partial charge in [-0.2, -0.15) is 0 Å². The number of nitrogens with zero attached hydrogens (tertiary/aromatic N) is 4. The van der Waals surface area contributed by atoms with Crippen LogP contribution in [0.25, 0.3) is 33.1 Å². The van der Waals surface area contributed by atoms with Crippen LogP contribution >= 0.6 is 0 Å². The number of hydrogen-bond acceptors (Lipinski definition) is 6. The third-order valence-electron chi connectivity index (χ3n) is 8.28. The number of carbonyl (C=O) groups is 2. The molecular weight excluding hydrogens is 864 g/mol.